The van der Waals surface area contributed by atoms with Crippen LogP contribution in [0.5, 0.6) is 0 Å². The highest BCUT2D eigenvalue weighted by Gasteiger charge is 2.27. The van der Waals surface area contributed by atoms with Gasteiger partial charge in [-0.15, -0.1) is 0 Å². The van der Waals surface area contributed by atoms with E-state index in [4.69, 9.17) is 5.73 Å². The lowest BCUT2D eigenvalue weighted by Gasteiger charge is -2.28. The molecule has 3 nitrogen and oxygen atoms in total. The van der Waals surface area contributed by atoms with E-state index in [-0.39, 0.29) is 18.1 Å². The SMILES string of the molecule is Cc1cccc([C@@H](N)C(C)(C)CO)n1. The lowest BCUT2D eigenvalue weighted by atomic mass is 9.84. The van der Waals surface area contributed by atoms with Gasteiger partial charge in [-0.3, -0.25) is 4.98 Å². The molecule has 0 unspecified atom stereocenters. The van der Waals surface area contributed by atoms with Gasteiger partial charge in [-0.2, -0.15) is 0 Å². The van der Waals surface area contributed by atoms with Crippen LogP contribution in [0.15, 0.2) is 18.2 Å². The van der Waals surface area contributed by atoms with E-state index in [1.54, 1.807) is 0 Å². The summed E-state index contributed by atoms with van der Waals surface area (Å²) in [6.07, 6.45) is 0. The molecule has 3 heteroatoms. The quantitative estimate of drug-likeness (QED) is 0.764. The third-order valence-corrected chi connectivity index (χ3v) is 2.48. The van der Waals surface area contributed by atoms with Crippen LogP contribution in [0.1, 0.15) is 31.3 Å². The molecule has 1 aromatic heterocycles. The Hall–Kier alpha value is -0.930. The van der Waals surface area contributed by atoms with Crippen LogP contribution >= 0.6 is 0 Å². The number of aliphatic hydroxyl groups excluding tert-OH is 1. The van der Waals surface area contributed by atoms with Crippen molar-refractivity contribution in [2.75, 3.05) is 6.61 Å². The molecule has 0 bridgehead atoms. The summed E-state index contributed by atoms with van der Waals surface area (Å²) in [6, 6.07) is 5.54. The average molecular weight is 194 g/mol. The molecule has 1 rings (SSSR count). The Morgan fingerprint density at radius 3 is 2.64 bits per heavy atom. The Morgan fingerprint density at radius 2 is 2.14 bits per heavy atom. The maximum absolute atomic E-state index is 9.19. The predicted octanol–water partition coefficient (Wildman–Crippen LogP) is 1.41. The second kappa shape index (κ2) is 4.07. The molecular weight excluding hydrogens is 176 g/mol. The molecule has 1 aromatic rings. The molecule has 0 saturated heterocycles. The molecule has 3 N–H and O–H groups in total. The van der Waals surface area contributed by atoms with E-state index in [0.717, 1.165) is 11.4 Å². The Balaban J connectivity index is 2.94. The Kier molecular flexibility index (Phi) is 3.24. The van der Waals surface area contributed by atoms with Gasteiger partial charge in [0.15, 0.2) is 0 Å². The first-order chi connectivity index (χ1) is 6.47. The summed E-state index contributed by atoms with van der Waals surface area (Å²) in [5.41, 5.74) is 7.48. The summed E-state index contributed by atoms with van der Waals surface area (Å²) in [5, 5.41) is 9.19. The lowest BCUT2D eigenvalue weighted by Crippen LogP contribution is -2.33. The zero-order chi connectivity index (χ0) is 10.8. The number of hydrogen-bond donors (Lipinski definition) is 2. The molecule has 14 heavy (non-hydrogen) atoms. The van der Waals surface area contributed by atoms with Crippen molar-refractivity contribution in [3.05, 3.63) is 29.6 Å². The molecule has 1 atom stereocenters. The number of aromatic nitrogens is 1. The molecule has 0 aromatic carbocycles. The topological polar surface area (TPSA) is 59.1 Å². The number of aryl methyl sites for hydroxylation is 1. The fourth-order valence-corrected chi connectivity index (χ4v) is 1.24. The molecule has 0 amide bonds. The summed E-state index contributed by atoms with van der Waals surface area (Å²) in [6.45, 7) is 5.86. The maximum Gasteiger partial charge on any atom is 0.0580 e. The monoisotopic (exact) mass is 194 g/mol. The van der Waals surface area contributed by atoms with Gasteiger partial charge in [0.25, 0.3) is 0 Å². The fourth-order valence-electron chi connectivity index (χ4n) is 1.24. The Labute approximate surface area is 85.0 Å². The highest BCUT2D eigenvalue weighted by molar-refractivity contribution is 5.15. The van der Waals surface area contributed by atoms with Crippen molar-refractivity contribution in [2.45, 2.75) is 26.8 Å². The molecule has 1 heterocycles. The minimum Gasteiger partial charge on any atom is -0.396 e. The molecule has 0 spiro atoms. The van der Waals surface area contributed by atoms with Crippen molar-refractivity contribution in [2.24, 2.45) is 11.1 Å². The Bertz CT molecular complexity index is 310. The lowest BCUT2D eigenvalue weighted by molar-refractivity contribution is 0.130. The summed E-state index contributed by atoms with van der Waals surface area (Å²) in [7, 11) is 0. The van der Waals surface area contributed by atoms with Gasteiger partial charge < -0.3 is 10.8 Å². The first-order valence-electron chi connectivity index (χ1n) is 4.77. The Morgan fingerprint density at radius 1 is 1.50 bits per heavy atom. The predicted molar refractivity (Wildman–Crippen MR) is 56.8 cm³/mol. The average Bonchev–Trinajstić information content (AvgIpc) is 2.16. The van der Waals surface area contributed by atoms with Crippen molar-refractivity contribution in [3.63, 3.8) is 0 Å². The number of nitrogens with two attached hydrogens (primary N) is 1. The number of nitrogens with zero attached hydrogens (tertiary/aromatic N) is 1. The fraction of sp³-hybridized carbons (Fsp3) is 0.545. The highest BCUT2D eigenvalue weighted by atomic mass is 16.3. The van der Waals surface area contributed by atoms with Crippen LogP contribution in [-0.4, -0.2) is 16.7 Å². The minimum atomic E-state index is -0.333. The van der Waals surface area contributed by atoms with E-state index in [2.05, 4.69) is 4.98 Å². The van der Waals surface area contributed by atoms with Gasteiger partial charge in [-0.1, -0.05) is 19.9 Å². The van der Waals surface area contributed by atoms with Crippen molar-refractivity contribution in [1.82, 2.24) is 4.98 Å². The zero-order valence-electron chi connectivity index (χ0n) is 8.99. The van der Waals surface area contributed by atoms with Gasteiger partial charge in [0.2, 0.25) is 0 Å². The van der Waals surface area contributed by atoms with Gasteiger partial charge in [0.1, 0.15) is 0 Å². The molecule has 0 saturated carbocycles. The second-order valence-corrected chi connectivity index (χ2v) is 4.33. The first-order valence-corrected chi connectivity index (χ1v) is 4.77. The van der Waals surface area contributed by atoms with Crippen LogP contribution in [0.2, 0.25) is 0 Å². The molecule has 0 aliphatic heterocycles. The minimum absolute atomic E-state index is 0.0593. The van der Waals surface area contributed by atoms with Crippen LogP contribution in [0.25, 0.3) is 0 Å². The van der Waals surface area contributed by atoms with Crippen molar-refractivity contribution >= 4 is 0 Å². The van der Waals surface area contributed by atoms with Crippen LogP contribution < -0.4 is 5.73 Å². The zero-order valence-corrected chi connectivity index (χ0v) is 8.99. The van der Waals surface area contributed by atoms with Gasteiger partial charge in [-0.25, -0.2) is 0 Å². The highest BCUT2D eigenvalue weighted by Crippen LogP contribution is 2.29. The first kappa shape index (κ1) is 11.1. The van der Waals surface area contributed by atoms with E-state index in [0.29, 0.717) is 0 Å². The van der Waals surface area contributed by atoms with Gasteiger partial charge in [0, 0.05) is 11.1 Å². The van der Waals surface area contributed by atoms with Crippen molar-refractivity contribution in [3.8, 4) is 0 Å². The summed E-state index contributed by atoms with van der Waals surface area (Å²) < 4.78 is 0. The molecule has 0 radical (unpaired) electrons. The molecule has 78 valence electrons. The number of rotatable bonds is 3. The van der Waals surface area contributed by atoms with E-state index < -0.39 is 0 Å². The van der Waals surface area contributed by atoms with E-state index in [9.17, 15) is 5.11 Å². The number of hydrogen-bond acceptors (Lipinski definition) is 3. The van der Waals surface area contributed by atoms with Crippen molar-refractivity contribution < 1.29 is 5.11 Å². The molecule has 0 aliphatic carbocycles. The smallest absolute Gasteiger partial charge is 0.0580 e. The summed E-state index contributed by atoms with van der Waals surface area (Å²) in [5.74, 6) is 0. The molecule has 0 fully saturated rings. The van der Waals surface area contributed by atoms with E-state index in [1.807, 2.05) is 39.0 Å². The third-order valence-electron chi connectivity index (χ3n) is 2.48. The second-order valence-electron chi connectivity index (χ2n) is 4.33. The van der Waals surface area contributed by atoms with Crippen LogP contribution in [0, 0.1) is 12.3 Å². The van der Waals surface area contributed by atoms with E-state index >= 15 is 0 Å². The third kappa shape index (κ3) is 2.30. The van der Waals surface area contributed by atoms with E-state index in [1.165, 1.54) is 0 Å². The normalized spacial score (nSPS) is 14.1. The van der Waals surface area contributed by atoms with Gasteiger partial charge >= 0.3 is 0 Å². The maximum atomic E-state index is 9.19. The number of pyridine rings is 1. The summed E-state index contributed by atoms with van der Waals surface area (Å²) in [4.78, 5) is 4.35. The molecule has 0 aliphatic rings. The van der Waals surface area contributed by atoms with Gasteiger partial charge in [-0.05, 0) is 19.1 Å². The van der Waals surface area contributed by atoms with Crippen LogP contribution in [-0.2, 0) is 0 Å². The van der Waals surface area contributed by atoms with Crippen LogP contribution in [0.4, 0.5) is 0 Å². The van der Waals surface area contributed by atoms with Crippen LogP contribution in [0.3, 0.4) is 0 Å². The summed E-state index contributed by atoms with van der Waals surface area (Å²) >= 11 is 0. The largest absolute Gasteiger partial charge is 0.396 e. The standard InChI is InChI=1S/C11H18N2O/c1-8-5-4-6-9(13-8)10(12)11(2,3)7-14/h4-6,10,14H,7,12H2,1-3H3/t10-/m1/s1. The van der Waals surface area contributed by atoms with Crippen molar-refractivity contribution in [1.29, 1.82) is 0 Å². The molecular formula is C11H18N2O. The number of aliphatic hydroxyl groups is 1. The van der Waals surface area contributed by atoms with Gasteiger partial charge in [0.05, 0.1) is 18.3 Å².